The largest absolute Gasteiger partial charge is 0.379 e. The summed E-state index contributed by atoms with van der Waals surface area (Å²) in [6.07, 6.45) is 0. The van der Waals surface area contributed by atoms with E-state index in [1.54, 1.807) is 0 Å². The number of nitrogens with zero attached hydrogens (tertiary/aromatic N) is 1. The molecular weight excluding hydrogens is 406 g/mol. The number of hydrogen-bond donors (Lipinski definition) is 2. The third-order valence-electron chi connectivity index (χ3n) is 3.77. The van der Waals surface area contributed by atoms with Gasteiger partial charge in [-0.1, -0.05) is 11.6 Å². The highest BCUT2D eigenvalue weighted by molar-refractivity contribution is 7.89. The van der Waals surface area contributed by atoms with Gasteiger partial charge in [0.15, 0.2) is 0 Å². The van der Waals surface area contributed by atoms with Crippen molar-refractivity contribution < 1.29 is 26.4 Å². The maximum Gasteiger partial charge on any atom is 0.252 e. The zero-order valence-corrected chi connectivity index (χ0v) is 16.5. The van der Waals surface area contributed by atoms with Crippen LogP contribution in [0.25, 0.3) is 0 Å². The van der Waals surface area contributed by atoms with E-state index in [1.807, 2.05) is 0 Å². The Kier molecular flexibility index (Phi) is 6.99. The first-order valence-electron chi connectivity index (χ1n) is 7.74. The van der Waals surface area contributed by atoms with Gasteiger partial charge in [-0.3, -0.25) is 4.79 Å². The second kappa shape index (κ2) is 8.63. The van der Waals surface area contributed by atoms with Crippen LogP contribution in [0.5, 0.6) is 0 Å². The highest BCUT2D eigenvalue weighted by atomic mass is 35.5. The van der Waals surface area contributed by atoms with E-state index in [1.165, 1.54) is 23.5 Å². The van der Waals surface area contributed by atoms with E-state index in [-0.39, 0.29) is 40.9 Å². The molecule has 26 heavy (non-hydrogen) atoms. The van der Waals surface area contributed by atoms with Crippen molar-refractivity contribution in [3.8, 4) is 0 Å². The van der Waals surface area contributed by atoms with Gasteiger partial charge in [-0.2, -0.15) is 4.31 Å². The molecule has 12 heteroatoms. The summed E-state index contributed by atoms with van der Waals surface area (Å²) < 4.78 is 56.6. The summed E-state index contributed by atoms with van der Waals surface area (Å²) in [5.74, 6) is -0.925. The van der Waals surface area contributed by atoms with Gasteiger partial charge in [0.05, 0.1) is 34.4 Å². The van der Waals surface area contributed by atoms with Gasteiger partial charge in [-0.05, 0) is 25.2 Å². The summed E-state index contributed by atoms with van der Waals surface area (Å²) in [6.45, 7) is 1.12. The number of rotatable bonds is 7. The van der Waals surface area contributed by atoms with E-state index >= 15 is 0 Å². The van der Waals surface area contributed by atoms with Crippen LogP contribution >= 0.6 is 11.6 Å². The number of ether oxygens (including phenoxy) is 1. The monoisotopic (exact) mass is 425 g/mol. The van der Waals surface area contributed by atoms with Crippen LogP contribution in [-0.2, 0) is 24.8 Å². The molecule has 1 fully saturated rings. The van der Waals surface area contributed by atoms with Crippen LogP contribution in [-0.4, -0.2) is 72.7 Å². The van der Waals surface area contributed by atoms with Crippen molar-refractivity contribution in [3.63, 3.8) is 0 Å². The third-order valence-corrected chi connectivity index (χ3v) is 7.38. The molecule has 2 rings (SSSR count). The van der Waals surface area contributed by atoms with Crippen LogP contribution in [0.3, 0.4) is 0 Å². The summed E-state index contributed by atoms with van der Waals surface area (Å²) in [5, 5.41) is 2.52. The van der Waals surface area contributed by atoms with Gasteiger partial charge < -0.3 is 10.1 Å². The van der Waals surface area contributed by atoms with Gasteiger partial charge in [-0.15, -0.1) is 0 Å². The number of morpholine rings is 1. The quantitative estimate of drug-likeness (QED) is 0.615. The van der Waals surface area contributed by atoms with Crippen LogP contribution < -0.4 is 10.0 Å². The molecule has 0 aromatic heterocycles. The van der Waals surface area contributed by atoms with E-state index in [9.17, 15) is 21.6 Å². The lowest BCUT2D eigenvalue weighted by atomic mass is 10.2. The van der Waals surface area contributed by atoms with E-state index < -0.39 is 26.0 Å². The summed E-state index contributed by atoms with van der Waals surface area (Å²) in [4.78, 5) is 12.1. The SMILES string of the molecule is CNS(=O)(=O)c1ccc(Cl)c(C(=O)NCCS(=O)(=O)N2CCOCC2)c1. The molecule has 1 heterocycles. The first-order chi connectivity index (χ1) is 12.2. The van der Waals surface area contributed by atoms with Crippen molar-refractivity contribution in [1.29, 1.82) is 0 Å². The van der Waals surface area contributed by atoms with Gasteiger partial charge >= 0.3 is 0 Å². The van der Waals surface area contributed by atoms with Gasteiger partial charge in [0.2, 0.25) is 20.0 Å². The molecule has 0 unspecified atom stereocenters. The third kappa shape index (κ3) is 5.15. The van der Waals surface area contributed by atoms with Crippen molar-refractivity contribution in [1.82, 2.24) is 14.3 Å². The van der Waals surface area contributed by atoms with Crippen LogP contribution in [0.1, 0.15) is 10.4 Å². The Bertz CT molecular complexity index is 867. The highest BCUT2D eigenvalue weighted by Crippen LogP contribution is 2.20. The van der Waals surface area contributed by atoms with Gasteiger partial charge in [-0.25, -0.2) is 21.6 Å². The first kappa shape index (κ1) is 21.1. The molecule has 0 atom stereocenters. The lowest BCUT2D eigenvalue weighted by Gasteiger charge is -2.26. The fourth-order valence-electron chi connectivity index (χ4n) is 2.31. The molecule has 0 spiro atoms. The number of amides is 1. The fourth-order valence-corrected chi connectivity index (χ4v) is 4.59. The zero-order chi connectivity index (χ0) is 19.4. The first-order valence-corrected chi connectivity index (χ1v) is 11.2. The normalized spacial score (nSPS) is 16.4. The topological polar surface area (TPSA) is 122 Å². The molecule has 1 aromatic carbocycles. The Morgan fingerprint density at radius 1 is 1.23 bits per heavy atom. The Balaban J connectivity index is 2.03. The lowest BCUT2D eigenvalue weighted by Crippen LogP contribution is -2.43. The molecule has 1 saturated heterocycles. The van der Waals surface area contributed by atoms with Crippen molar-refractivity contribution in [2.24, 2.45) is 0 Å². The van der Waals surface area contributed by atoms with Crippen LogP contribution in [0, 0.1) is 0 Å². The van der Waals surface area contributed by atoms with E-state index in [2.05, 4.69) is 10.0 Å². The molecule has 9 nitrogen and oxygen atoms in total. The van der Waals surface area contributed by atoms with Gasteiger partial charge in [0.25, 0.3) is 5.91 Å². The number of nitrogens with one attached hydrogen (secondary N) is 2. The summed E-state index contributed by atoms with van der Waals surface area (Å²) >= 11 is 5.96. The lowest BCUT2D eigenvalue weighted by molar-refractivity contribution is 0.0730. The summed E-state index contributed by atoms with van der Waals surface area (Å²) in [5.41, 5.74) is -0.0493. The van der Waals surface area contributed by atoms with Crippen molar-refractivity contribution >= 4 is 37.6 Å². The maximum atomic E-state index is 12.3. The fraction of sp³-hybridized carbons (Fsp3) is 0.500. The predicted molar refractivity (Wildman–Crippen MR) is 96.2 cm³/mol. The van der Waals surface area contributed by atoms with Crippen molar-refractivity contribution in [3.05, 3.63) is 28.8 Å². The Morgan fingerprint density at radius 3 is 2.50 bits per heavy atom. The standard InChI is InChI=1S/C14H20ClN3O6S2/c1-16-26(22,23)11-2-3-13(15)12(10-11)14(19)17-4-9-25(20,21)18-5-7-24-8-6-18/h2-3,10,16H,4-9H2,1H3,(H,17,19). The second-order valence-electron chi connectivity index (χ2n) is 5.43. The Labute approximate surface area is 157 Å². The highest BCUT2D eigenvalue weighted by Gasteiger charge is 2.24. The zero-order valence-electron chi connectivity index (χ0n) is 14.1. The number of halogens is 1. The minimum absolute atomic E-state index is 0.0493. The number of carbonyl (C=O) groups is 1. The van der Waals surface area contributed by atoms with Gasteiger partial charge in [0.1, 0.15) is 0 Å². The molecule has 1 aliphatic rings. The van der Waals surface area contributed by atoms with Crippen LogP contribution in [0.2, 0.25) is 5.02 Å². The molecule has 1 amide bonds. The minimum Gasteiger partial charge on any atom is -0.379 e. The van der Waals surface area contributed by atoms with E-state index in [0.29, 0.717) is 13.2 Å². The van der Waals surface area contributed by atoms with E-state index in [0.717, 1.165) is 6.07 Å². The van der Waals surface area contributed by atoms with Crippen LogP contribution in [0.15, 0.2) is 23.1 Å². The number of hydrogen-bond acceptors (Lipinski definition) is 6. The average Bonchev–Trinajstić information content (AvgIpc) is 2.62. The average molecular weight is 426 g/mol. The van der Waals surface area contributed by atoms with E-state index in [4.69, 9.17) is 16.3 Å². The molecule has 0 aliphatic carbocycles. The van der Waals surface area contributed by atoms with Crippen molar-refractivity contribution in [2.45, 2.75) is 4.90 Å². The predicted octanol–water partition coefficient (Wildman–Crippen LogP) is -0.360. The minimum atomic E-state index is -3.73. The Morgan fingerprint density at radius 2 is 1.88 bits per heavy atom. The van der Waals surface area contributed by atoms with Crippen LogP contribution in [0.4, 0.5) is 0 Å². The number of sulfonamides is 2. The summed E-state index contributed by atoms with van der Waals surface area (Å²) in [6, 6.07) is 3.71. The molecule has 0 saturated carbocycles. The molecular formula is C14H20ClN3O6S2. The van der Waals surface area contributed by atoms with Crippen molar-refractivity contribution in [2.75, 3.05) is 45.6 Å². The molecule has 146 valence electrons. The molecule has 1 aromatic rings. The summed E-state index contributed by atoms with van der Waals surface area (Å²) in [7, 11) is -5.99. The molecule has 1 aliphatic heterocycles. The molecule has 0 radical (unpaired) electrons. The van der Waals surface area contributed by atoms with Gasteiger partial charge in [0, 0.05) is 19.6 Å². The smallest absolute Gasteiger partial charge is 0.252 e. The number of carbonyl (C=O) groups excluding carboxylic acids is 1. The second-order valence-corrected chi connectivity index (χ2v) is 9.81. The number of benzene rings is 1. The Hall–Kier alpha value is -1.24. The molecule has 0 bridgehead atoms. The molecule has 2 N–H and O–H groups in total. The maximum absolute atomic E-state index is 12.3.